The Bertz CT molecular complexity index is 873. The molecule has 134 valence electrons. The van der Waals surface area contributed by atoms with Gasteiger partial charge in [0.15, 0.2) is 11.5 Å². The van der Waals surface area contributed by atoms with E-state index in [1.54, 1.807) is 13.3 Å². The maximum Gasteiger partial charge on any atom is 0.180 e. The molecule has 1 N–H and O–H groups in total. The van der Waals surface area contributed by atoms with Crippen LogP contribution in [0.3, 0.4) is 0 Å². The van der Waals surface area contributed by atoms with Crippen LogP contribution in [-0.4, -0.2) is 12.1 Å². The number of methoxy groups -OCH3 is 1. The molecular weight excluding hydrogens is 371 g/mol. The number of ether oxygens (including phenoxy) is 2. The molecule has 3 aromatic rings. The summed E-state index contributed by atoms with van der Waals surface area (Å²) >= 11 is 12.6. The highest BCUT2D eigenvalue weighted by Crippen LogP contribution is 2.37. The zero-order chi connectivity index (χ0) is 18.4. The molecule has 3 rings (SSSR count). The smallest absolute Gasteiger partial charge is 0.180 e. The summed E-state index contributed by atoms with van der Waals surface area (Å²) < 4.78 is 11.3. The highest BCUT2D eigenvalue weighted by molar-refractivity contribution is 6.32. The molecule has 0 fully saturated rings. The molecule has 0 saturated carbocycles. The second kappa shape index (κ2) is 8.79. The first kappa shape index (κ1) is 18.4. The van der Waals surface area contributed by atoms with Crippen molar-refractivity contribution in [3.8, 4) is 11.5 Å². The SMILES string of the molecule is COc1cc(CNc2ccccn2)cc(Cl)c1OCc1ccccc1Cl. The maximum atomic E-state index is 6.42. The molecule has 1 heterocycles. The lowest BCUT2D eigenvalue weighted by atomic mass is 10.2. The van der Waals surface area contributed by atoms with Gasteiger partial charge in [-0.05, 0) is 35.9 Å². The van der Waals surface area contributed by atoms with Crippen molar-refractivity contribution in [2.24, 2.45) is 0 Å². The molecule has 0 aliphatic rings. The molecule has 26 heavy (non-hydrogen) atoms. The number of pyridine rings is 1. The fraction of sp³-hybridized carbons (Fsp3) is 0.150. The van der Waals surface area contributed by atoms with Crippen molar-refractivity contribution in [3.63, 3.8) is 0 Å². The first-order valence-electron chi connectivity index (χ1n) is 8.05. The number of halogens is 2. The van der Waals surface area contributed by atoms with Crippen LogP contribution in [0.4, 0.5) is 5.82 Å². The van der Waals surface area contributed by atoms with Gasteiger partial charge < -0.3 is 14.8 Å². The number of hydrogen-bond donors (Lipinski definition) is 1. The van der Waals surface area contributed by atoms with Gasteiger partial charge >= 0.3 is 0 Å². The highest BCUT2D eigenvalue weighted by atomic mass is 35.5. The fourth-order valence-electron chi connectivity index (χ4n) is 2.44. The monoisotopic (exact) mass is 388 g/mol. The van der Waals surface area contributed by atoms with E-state index < -0.39 is 0 Å². The average Bonchev–Trinajstić information content (AvgIpc) is 2.67. The molecule has 0 spiro atoms. The highest BCUT2D eigenvalue weighted by Gasteiger charge is 2.13. The van der Waals surface area contributed by atoms with E-state index in [9.17, 15) is 0 Å². The lowest BCUT2D eigenvalue weighted by molar-refractivity contribution is 0.284. The molecule has 6 heteroatoms. The Morgan fingerprint density at radius 2 is 1.81 bits per heavy atom. The number of benzene rings is 2. The van der Waals surface area contributed by atoms with E-state index in [1.807, 2.05) is 54.6 Å². The molecule has 4 nitrogen and oxygen atoms in total. The Kier molecular flexibility index (Phi) is 6.21. The topological polar surface area (TPSA) is 43.4 Å². The summed E-state index contributed by atoms with van der Waals surface area (Å²) in [5.41, 5.74) is 1.84. The lowest BCUT2D eigenvalue weighted by Gasteiger charge is -2.15. The van der Waals surface area contributed by atoms with Crippen LogP contribution in [0.25, 0.3) is 0 Å². The van der Waals surface area contributed by atoms with Gasteiger partial charge in [0.1, 0.15) is 12.4 Å². The van der Waals surface area contributed by atoms with Gasteiger partial charge in [-0.15, -0.1) is 0 Å². The largest absolute Gasteiger partial charge is 0.493 e. The average molecular weight is 389 g/mol. The van der Waals surface area contributed by atoms with Crippen molar-refractivity contribution in [2.75, 3.05) is 12.4 Å². The maximum absolute atomic E-state index is 6.42. The molecule has 0 radical (unpaired) electrons. The Morgan fingerprint density at radius 1 is 1.00 bits per heavy atom. The summed E-state index contributed by atoms with van der Waals surface area (Å²) in [5.74, 6) is 1.86. The van der Waals surface area contributed by atoms with Crippen LogP contribution in [0.1, 0.15) is 11.1 Å². The summed E-state index contributed by atoms with van der Waals surface area (Å²) in [4.78, 5) is 4.24. The lowest BCUT2D eigenvalue weighted by Crippen LogP contribution is -2.03. The van der Waals surface area contributed by atoms with Gasteiger partial charge in [-0.1, -0.05) is 47.5 Å². The van der Waals surface area contributed by atoms with Gasteiger partial charge in [0.05, 0.1) is 12.1 Å². The van der Waals surface area contributed by atoms with E-state index in [2.05, 4.69) is 10.3 Å². The molecule has 0 saturated heterocycles. The number of aromatic nitrogens is 1. The van der Waals surface area contributed by atoms with Gasteiger partial charge in [-0.3, -0.25) is 0 Å². The molecular formula is C20H18Cl2N2O2. The minimum absolute atomic E-state index is 0.307. The quantitative estimate of drug-likeness (QED) is 0.572. The van der Waals surface area contributed by atoms with Crippen LogP contribution in [0.2, 0.25) is 10.0 Å². The Labute approximate surface area is 162 Å². The van der Waals surface area contributed by atoms with Crippen molar-refractivity contribution < 1.29 is 9.47 Å². The van der Waals surface area contributed by atoms with E-state index in [4.69, 9.17) is 32.7 Å². The first-order chi connectivity index (χ1) is 12.7. The van der Waals surface area contributed by atoms with Crippen molar-refractivity contribution in [3.05, 3.63) is 82.0 Å². The van der Waals surface area contributed by atoms with E-state index in [0.717, 1.165) is 16.9 Å². The number of hydrogen-bond acceptors (Lipinski definition) is 4. The third-order valence-electron chi connectivity index (χ3n) is 3.76. The molecule has 0 atom stereocenters. The third-order valence-corrected chi connectivity index (χ3v) is 4.41. The van der Waals surface area contributed by atoms with Gasteiger partial charge in [-0.2, -0.15) is 0 Å². The summed E-state index contributed by atoms with van der Waals surface area (Å²) in [7, 11) is 1.59. The number of nitrogens with one attached hydrogen (secondary N) is 1. The van der Waals surface area contributed by atoms with E-state index >= 15 is 0 Å². The predicted molar refractivity (Wildman–Crippen MR) is 105 cm³/mol. The minimum atomic E-state index is 0.307. The molecule has 0 aliphatic heterocycles. The zero-order valence-corrected chi connectivity index (χ0v) is 15.7. The Balaban J connectivity index is 1.73. The zero-order valence-electron chi connectivity index (χ0n) is 14.2. The summed E-state index contributed by atoms with van der Waals surface area (Å²) in [5, 5.41) is 4.37. The summed E-state index contributed by atoms with van der Waals surface area (Å²) in [6.45, 7) is 0.874. The van der Waals surface area contributed by atoms with Gasteiger partial charge in [0, 0.05) is 23.3 Å². The second-order valence-electron chi connectivity index (χ2n) is 5.56. The van der Waals surface area contributed by atoms with E-state index in [0.29, 0.717) is 34.7 Å². The molecule has 0 amide bonds. The number of nitrogens with zero attached hydrogens (tertiary/aromatic N) is 1. The summed E-state index contributed by atoms with van der Waals surface area (Å²) in [6, 6.07) is 17.0. The van der Waals surface area contributed by atoms with Crippen LogP contribution in [-0.2, 0) is 13.2 Å². The van der Waals surface area contributed by atoms with Gasteiger partial charge in [-0.25, -0.2) is 4.98 Å². The Morgan fingerprint density at radius 3 is 2.54 bits per heavy atom. The number of rotatable bonds is 7. The van der Waals surface area contributed by atoms with Gasteiger partial charge in [0.2, 0.25) is 0 Å². The molecule has 0 aliphatic carbocycles. The van der Waals surface area contributed by atoms with Gasteiger partial charge in [0.25, 0.3) is 0 Å². The normalized spacial score (nSPS) is 10.4. The minimum Gasteiger partial charge on any atom is -0.493 e. The van der Waals surface area contributed by atoms with E-state index in [1.165, 1.54) is 0 Å². The van der Waals surface area contributed by atoms with Crippen molar-refractivity contribution in [1.82, 2.24) is 4.98 Å². The van der Waals surface area contributed by atoms with Crippen molar-refractivity contribution >= 4 is 29.0 Å². The first-order valence-corrected chi connectivity index (χ1v) is 8.80. The third kappa shape index (κ3) is 4.59. The predicted octanol–water partition coefficient (Wildman–Crippen LogP) is 5.59. The molecule has 2 aromatic carbocycles. The fourth-order valence-corrected chi connectivity index (χ4v) is 2.92. The molecule has 0 unspecified atom stereocenters. The Hall–Kier alpha value is -2.43. The molecule has 0 bridgehead atoms. The van der Waals surface area contributed by atoms with Crippen LogP contribution >= 0.6 is 23.2 Å². The van der Waals surface area contributed by atoms with Crippen LogP contribution < -0.4 is 14.8 Å². The molecule has 1 aromatic heterocycles. The van der Waals surface area contributed by atoms with Crippen LogP contribution in [0.5, 0.6) is 11.5 Å². The standard InChI is InChI=1S/C20H18Cl2N2O2/c1-25-18-11-14(12-24-19-8-4-5-9-23-19)10-17(22)20(18)26-13-15-6-2-3-7-16(15)21/h2-11H,12-13H2,1H3,(H,23,24). The second-order valence-corrected chi connectivity index (χ2v) is 6.37. The van der Waals surface area contributed by atoms with Crippen LogP contribution in [0, 0.1) is 0 Å². The van der Waals surface area contributed by atoms with E-state index in [-0.39, 0.29) is 0 Å². The van der Waals surface area contributed by atoms with Crippen LogP contribution in [0.15, 0.2) is 60.8 Å². The van der Waals surface area contributed by atoms with Crippen molar-refractivity contribution in [1.29, 1.82) is 0 Å². The number of anilines is 1. The summed E-state index contributed by atoms with van der Waals surface area (Å²) in [6.07, 6.45) is 1.74. The van der Waals surface area contributed by atoms with Crippen molar-refractivity contribution in [2.45, 2.75) is 13.2 Å².